The Bertz CT molecular complexity index is 102. The highest BCUT2D eigenvalue weighted by Gasteiger charge is 1.97. The summed E-state index contributed by atoms with van der Waals surface area (Å²) >= 11 is 3.03. The Balaban J connectivity index is 3.57. The van der Waals surface area contributed by atoms with E-state index in [-0.39, 0.29) is 5.25 Å². The van der Waals surface area contributed by atoms with Crippen molar-refractivity contribution in [3.05, 3.63) is 0 Å². The number of halogens is 1. The van der Waals surface area contributed by atoms with Gasteiger partial charge in [-0.1, -0.05) is 15.9 Å². The lowest BCUT2D eigenvalue weighted by atomic mass is 10.6. The highest BCUT2D eigenvalue weighted by Crippen LogP contribution is 1.91. The van der Waals surface area contributed by atoms with Crippen molar-refractivity contribution in [3.63, 3.8) is 0 Å². The van der Waals surface area contributed by atoms with E-state index in [4.69, 9.17) is 0 Å². The van der Waals surface area contributed by atoms with Crippen LogP contribution in [0.3, 0.4) is 0 Å². The first kappa shape index (κ1) is 7.43. The Morgan fingerprint density at radius 1 is 1.71 bits per heavy atom. The Hall–Kier alpha value is 0.430. The average Bonchev–Trinajstić information content (AvgIpc) is 1.65. The Morgan fingerprint density at radius 2 is 2.14 bits per heavy atom. The van der Waals surface area contributed by atoms with Gasteiger partial charge < -0.3 is 0 Å². The van der Waals surface area contributed by atoms with Crippen molar-refractivity contribution in [2.45, 2.75) is 12.2 Å². The minimum atomic E-state index is -2.21. The molecule has 4 heteroatoms. The first-order chi connectivity index (χ1) is 3.18. The maximum atomic E-state index is 9.94. The van der Waals surface area contributed by atoms with Gasteiger partial charge in [0.1, 0.15) is 10.7 Å². The minimum Gasteiger partial charge on any atom is -0.232 e. The van der Waals surface area contributed by atoms with Gasteiger partial charge in [-0.2, -0.15) is 0 Å². The van der Waals surface area contributed by atoms with Crippen molar-refractivity contribution in [1.29, 1.82) is 0 Å². The molecule has 0 aliphatic rings. The monoisotopic (exact) mass is 186 g/mol. The van der Waals surface area contributed by atoms with Gasteiger partial charge in [-0.25, -0.2) is 8.42 Å². The largest absolute Gasteiger partial charge is 0.232 e. The Labute approximate surface area is 53.0 Å². The highest BCUT2D eigenvalue weighted by atomic mass is 79.9. The van der Waals surface area contributed by atoms with E-state index in [0.29, 0.717) is 5.33 Å². The predicted molar refractivity (Wildman–Crippen MR) is 33.6 cm³/mol. The van der Waals surface area contributed by atoms with Crippen molar-refractivity contribution in [1.82, 2.24) is 0 Å². The minimum absolute atomic E-state index is 0.227. The topological polar surface area (TPSA) is 34.1 Å². The molecule has 0 fully saturated rings. The van der Waals surface area contributed by atoms with Crippen LogP contribution in [0.4, 0.5) is 0 Å². The molecule has 0 saturated carbocycles. The van der Waals surface area contributed by atoms with E-state index in [1.165, 1.54) is 0 Å². The van der Waals surface area contributed by atoms with E-state index in [1.807, 2.05) is 0 Å². The summed E-state index contributed by atoms with van der Waals surface area (Å²) in [6.07, 6.45) is 0. The van der Waals surface area contributed by atoms with Crippen molar-refractivity contribution >= 4 is 26.6 Å². The van der Waals surface area contributed by atoms with Gasteiger partial charge >= 0.3 is 0 Å². The zero-order valence-corrected chi connectivity index (χ0v) is 6.41. The molecule has 0 spiro atoms. The van der Waals surface area contributed by atoms with Crippen LogP contribution in [0.25, 0.3) is 0 Å². The summed E-state index contributed by atoms with van der Waals surface area (Å²) in [5.41, 5.74) is 0. The van der Waals surface area contributed by atoms with Gasteiger partial charge in [0.05, 0.1) is 5.25 Å². The summed E-state index contributed by atoms with van der Waals surface area (Å²) in [5, 5.41) is 0.307. The summed E-state index contributed by atoms with van der Waals surface area (Å²) in [7, 11) is -2.21. The van der Waals surface area contributed by atoms with Crippen molar-refractivity contribution < 1.29 is 8.42 Å². The van der Waals surface area contributed by atoms with E-state index in [0.717, 1.165) is 0 Å². The number of hydrogen-bond donors (Lipinski definition) is 1. The van der Waals surface area contributed by atoms with Crippen LogP contribution < -0.4 is 0 Å². The predicted octanol–water partition coefficient (Wildman–Crippen LogP) is 0.381. The summed E-state index contributed by atoms with van der Waals surface area (Å²) in [6, 6.07) is 0. The molecule has 1 unspecified atom stereocenters. The second-order valence-corrected chi connectivity index (χ2v) is 3.39. The molecule has 0 N–H and O–H groups in total. The summed E-state index contributed by atoms with van der Waals surface area (Å²) in [4.78, 5) is 0. The molecule has 0 amide bonds. The first-order valence-electron chi connectivity index (χ1n) is 1.88. The van der Waals surface area contributed by atoms with Gasteiger partial charge in [0, 0.05) is 5.33 Å². The number of rotatable bonds is 2. The van der Waals surface area contributed by atoms with Gasteiger partial charge in [0.15, 0.2) is 0 Å². The van der Waals surface area contributed by atoms with E-state index in [1.54, 1.807) is 6.92 Å². The second-order valence-electron chi connectivity index (χ2n) is 1.29. The van der Waals surface area contributed by atoms with E-state index in [2.05, 4.69) is 15.9 Å². The zero-order chi connectivity index (χ0) is 5.86. The molecule has 0 rings (SSSR count). The third kappa shape index (κ3) is 3.05. The maximum absolute atomic E-state index is 9.94. The van der Waals surface area contributed by atoms with Crippen LogP contribution in [0.2, 0.25) is 0 Å². The van der Waals surface area contributed by atoms with E-state index < -0.39 is 10.7 Å². The van der Waals surface area contributed by atoms with Crippen molar-refractivity contribution in [2.24, 2.45) is 0 Å². The quantitative estimate of drug-likeness (QED) is 0.501. The summed E-state index contributed by atoms with van der Waals surface area (Å²) in [6.45, 7) is 1.65. The Kier molecular flexibility index (Phi) is 3.65. The van der Waals surface area contributed by atoms with Gasteiger partial charge in [-0.15, -0.1) is 0 Å². The molecule has 0 bridgehead atoms. The molecule has 0 aromatic carbocycles. The fraction of sp³-hybridized carbons (Fsp3) is 1.00. The first-order valence-corrected chi connectivity index (χ1v) is 4.24. The Morgan fingerprint density at radius 3 is 2.14 bits per heavy atom. The summed E-state index contributed by atoms with van der Waals surface area (Å²) < 4.78 is 19.9. The molecule has 1 atom stereocenters. The normalized spacial score (nSPS) is 14.7. The van der Waals surface area contributed by atoms with Crippen LogP contribution in [0.1, 0.15) is 6.92 Å². The van der Waals surface area contributed by atoms with Gasteiger partial charge in [0.25, 0.3) is 0 Å². The lowest BCUT2D eigenvalue weighted by molar-refractivity contribution is 0.608. The van der Waals surface area contributed by atoms with Crippen LogP contribution >= 0.6 is 15.9 Å². The highest BCUT2D eigenvalue weighted by molar-refractivity contribution is 9.09. The van der Waals surface area contributed by atoms with Gasteiger partial charge in [-0.3, -0.25) is 0 Å². The molecular weight excluding hydrogens is 180 g/mol. The molecule has 0 aromatic rings. The average molecular weight is 187 g/mol. The van der Waals surface area contributed by atoms with Gasteiger partial charge in [0.2, 0.25) is 0 Å². The second kappa shape index (κ2) is 3.43. The third-order valence-corrected chi connectivity index (χ3v) is 2.96. The van der Waals surface area contributed by atoms with Crippen molar-refractivity contribution in [2.75, 3.05) is 5.33 Å². The van der Waals surface area contributed by atoms with Crippen LogP contribution in [-0.2, 0) is 10.7 Å². The standard InChI is InChI=1S/C3H7BrO2S/c1-3(2-4)7(5)6/h3,7H,2H2,1H3. The van der Waals surface area contributed by atoms with Crippen LogP contribution in [0.5, 0.6) is 0 Å². The molecule has 0 saturated heterocycles. The van der Waals surface area contributed by atoms with E-state index in [9.17, 15) is 8.42 Å². The number of thiol groups is 1. The maximum Gasteiger partial charge on any atom is 0.143 e. The zero-order valence-electron chi connectivity index (χ0n) is 3.93. The number of hydrogen-bond acceptors (Lipinski definition) is 2. The molecule has 44 valence electrons. The molecule has 7 heavy (non-hydrogen) atoms. The fourth-order valence-corrected chi connectivity index (χ4v) is 0.878. The van der Waals surface area contributed by atoms with Crippen LogP contribution in [0.15, 0.2) is 0 Å². The van der Waals surface area contributed by atoms with Gasteiger partial charge in [-0.05, 0) is 6.92 Å². The smallest absolute Gasteiger partial charge is 0.143 e. The molecule has 0 aromatic heterocycles. The van der Waals surface area contributed by atoms with Crippen molar-refractivity contribution in [3.8, 4) is 0 Å². The lowest BCUT2D eigenvalue weighted by Gasteiger charge is -1.90. The van der Waals surface area contributed by atoms with Crippen LogP contribution in [0, 0.1) is 0 Å². The fourth-order valence-electron chi connectivity index (χ4n) is 0.0563. The van der Waals surface area contributed by atoms with Crippen LogP contribution in [-0.4, -0.2) is 19.0 Å². The third-order valence-electron chi connectivity index (χ3n) is 0.583. The molecule has 0 aliphatic heterocycles. The molecule has 0 aliphatic carbocycles. The summed E-state index contributed by atoms with van der Waals surface area (Å²) in [5.74, 6) is 0. The SMILES string of the molecule is CC(CBr)[SH](=O)=O. The van der Waals surface area contributed by atoms with E-state index >= 15 is 0 Å². The molecule has 0 heterocycles. The lowest BCUT2D eigenvalue weighted by Crippen LogP contribution is -2.03. The number of alkyl halides is 1. The molecule has 0 radical (unpaired) electrons. The molecule has 2 nitrogen and oxygen atoms in total. The molecular formula is C3H7BrO2S.